The van der Waals surface area contributed by atoms with Gasteiger partial charge in [0.05, 0.1) is 0 Å². The van der Waals surface area contributed by atoms with Gasteiger partial charge in [-0.1, -0.05) is 41.9 Å². The van der Waals surface area contributed by atoms with Crippen molar-refractivity contribution in [3.05, 3.63) is 34.3 Å². The van der Waals surface area contributed by atoms with Crippen molar-refractivity contribution in [2.24, 2.45) is 17.6 Å². The largest absolute Gasteiger partial charge is 0.324 e. The van der Waals surface area contributed by atoms with E-state index in [0.29, 0.717) is 11.8 Å². The molecule has 1 aromatic carbocycles. The Kier molecular flexibility index (Phi) is 5.46. The maximum absolute atomic E-state index is 6.33. The van der Waals surface area contributed by atoms with E-state index in [0.717, 1.165) is 11.0 Å². The van der Waals surface area contributed by atoms with Gasteiger partial charge in [0.2, 0.25) is 0 Å². The quantitative estimate of drug-likeness (QED) is 0.873. The van der Waals surface area contributed by atoms with Gasteiger partial charge in [-0.05, 0) is 43.1 Å². The van der Waals surface area contributed by atoms with Gasteiger partial charge in [0.25, 0.3) is 0 Å². The molecule has 0 aliphatic heterocycles. The third-order valence-electron chi connectivity index (χ3n) is 2.99. The highest BCUT2D eigenvalue weighted by molar-refractivity contribution is 9.10. The summed E-state index contributed by atoms with van der Waals surface area (Å²) in [6, 6.07) is 8.36. The van der Waals surface area contributed by atoms with E-state index in [1.165, 1.54) is 5.56 Å². The molecule has 2 atom stereocenters. The fourth-order valence-corrected chi connectivity index (χ4v) is 2.39. The number of nitrogens with one attached hydrogen (secondary N) is 1. The molecule has 3 N–H and O–H groups in total. The van der Waals surface area contributed by atoms with Crippen molar-refractivity contribution in [2.75, 3.05) is 13.6 Å². The second kappa shape index (κ2) is 6.38. The zero-order valence-corrected chi connectivity index (χ0v) is 11.8. The number of hydrogen-bond acceptors (Lipinski definition) is 2. The van der Waals surface area contributed by atoms with E-state index in [1.807, 2.05) is 19.2 Å². The van der Waals surface area contributed by atoms with Crippen LogP contribution in [0.3, 0.4) is 0 Å². The lowest BCUT2D eigenvalue weighted by Gasteiger charge is -2.27. The van der Waals surface area contributed by atoms with Gasteiger partial charge in [-0.2, -0.15) is 0 Å². The number of benzene rings is 1. The van der Waals surface area contributed by atoms with Crippen LogP contribution in [0.5, 0.6) is 0 Å². The topological polar surface area (TPSA) is 38.0 Å². The Hall–Kier alpha value is -0.380. The van der Waals surface area contributed by atoms with Crippen LogP contribution >= 0.6 is 15.9 Å². The molecule has 90 valence electrons. The van der Waals surface area contributed by atoms with E-state index in [2.05, 4.69) is 47.2 Å². The highest BCUT2D eigenvalue weighted by Crippen LogP contribution is 2.27. The Morgan fingerprint density at radius 3 is 2.56 bits per heavy atom. The van der Waals surface area contributed by atoms with Crippen LogP contribution < -0.4 is 11.1 Å². The Balaban J connectivity index is 2.85. The summed E-state index contributed by atoms with van der Waals surface area (Å²) in [7, 11) is 1.98. The number of nitrogens with two attached hydrogens (primary N) is 1. The van der Waals surface area contributed by atoms with E-state index in [-0.39, 0.29) is 6.04 Å². The molecule has 16 heavy (non-hydrogen) atoms. The smallest absolute Gasteiger partial charge is 0.0338 e. The monoisotopic (exact) mass is 284 g/mol. The average molecular weight is 285 g/mol. The molecule has 0 saturated heterocycles. The zero-order valence-electron chi connectivity index (χ0n) is 10.2. The maximum Gasteiger partial charge on any atom is 0.0338 e. The summed E-state index contributed by atoms with van der Waals surface area (Å²) in [5, 5.41) is 3.22. The highest BCUT2D eigenvalue weighted by atomic mass is 79.9. The van der Waals surface area contributed by atoms with Crippen LogP contribution in [0.25, 0.3) is 0 Å². The van der Waals surface area contributed by atoms with Crippen molar-refractivity contribution >= 4 is 15.9 Å². The maximum atomic E-state index is 6.33. The SMILES string of the molecule is CNCC(C(C)C)C(N)c1cccc(Br)c1. The minimum Gasteiger partial charge on any atom is -0.324 e. The van der Waals surface area contributed by atoms with Crippen LogP contribution in [0, 0.1) is 11.8 Å². The average Bonchev–Trinajstić information content (AvgIpc) is 2.24. The third-order valence-corrected chi connectivity index (χ3v) is 3.48. The first-order valence-corrected chi connectivity index (χ1v) is 6.51. The van der Waals surface area contributed by atoms with E-state index in [9.17, 15) is 0 Å². The van der Waals surface area contributed by atoms with E-state index in [4.69, 9.17) is 5.73 Å². The molecule has 0 aliphatic rings. The van der Waals surface area contributed by atoms with Gasteiger partial charge in [0, 0.05) is 10.5 Å². The summed E-state index contributed by atoms with van der Waals surface area (Å²) in [6.45, 7) is 5.39. The van der Waals surface area contributed by atoms with Crippen LogP contribution in [0.4, 0.5) is 0 Å². The van der Waals surface area contributed by atoms with Gasteiger partial charge in [0.1, 0.15) is 0 Å². The van der Waals surface area contributed by atoms with Crippen LogP contribution in [-0.2, 0) is 0 Å². The summed E-state index contributed by atoms with van der Waals surface area (Å²) in [5.41, 5.74) is 7.53. The molecule has 0 spiro atoms. The van der Waals surface area contributed by atoms with E-state index in [1.54, 1.807) is 0 Å². The summed E-state index contributed by atoms with van der Waals surface area (Å²) in [6.07, 6.45) is 0. The van der Waals surface area contributed by atoms with Gasteiger partial charge in [-0.15, -0.1) is 0 Å². The van der Waals surface area contributed by atoms with Gasteiger partial charge in [-0.25, -0.2) is 0 Å². The lowest BCUT2D eigenvalue weighted by molar-refractivity contribution is 0.314. The lowest BCUT2D eigenvalue weighted by Crippen LogP contribution is -2.33. The van der Waals surface area contributed by atoms with Crippen molar-refractivity contribution in [3.63, 3.8) is 0 Å². The van der Waals surface area contributed by atoms with Crippen molar-refractivity contribution < 1.29 is 0 Å². The number of hydrogen-bond donors (Lipinski definition) is 2. The van der Waals surface area contributed by atoms with E-state index < -0.39 is 0 Å². The molecule has 0 saturated carbocycles. The Morgan fingerprint density at radius 2 is 2.06 bits per heavy atom. The van der Waals surface area contributed by atoms with Gasteiger partial charge in [0.15, 0.2) is 0 Å². The molecule has 0 aliphatic carbocycles. The predicted octanol–water partition coefficient (Wildman–Crippen LogP) is 2.94. The van der Waals surface area contributed by atoms with Gasteiger partial charge in [-0.3, -0.25) is 0 Å². The van der Waals surface area contributed by atoms with Crippen molar-refractivity contribution in [2.45, 2.75) is 19.9 Å². The van der Waals surface area contributed by atoms with Crippen molar-refractivity contribution in [1.29, 1.82) is 0 Å². The summed E-state index contributed by atoms with van der Waals surface area (Å²) in [4.78, 5) is 0. The second-order valence-electron chi connectivity index (χ2n) is 4.55. The summed E-state index contributed by atoms with van der Waals surface area (Å²) < 4.78 is 1.09. The zero-order chi connectivity index (χ0) is 12.1. The summed E-state index contributed by atoms with van der Waals surface area (Å²) in [5.74, 6) is 1.03. The molecule has 2 unspecified atom stereocenters. The van der Waals surface area contributed by atoms with Crippen LogP contribution in [0.1, 0.15) is 25.5 Å². The number of rotatable bonds is 5. The fraction of sp³-hybridized carbons (Fsp3) is 0.538. The molecule has 0 fully saturated rings. The molecule has 0 heterocycles. The molecular weight excluding hydrogens is 264 g/mol. The van der Waals surface area contributed by atoms with Gasteiger partial charge < -0.3 is 11.1 Å². The molecule has 0 amide bonds. The third kappa shape index (κ3) is 3.58. The van der Waals surface area contributed by atoms with Crippen molar-refractivity contribution in [3.8, 4) is 0 Å². The molecular formula is C13H21BrN2. The molecule has 0 radical (unpaired) electrons. The predicted molar refractivity (Wildman–Crippen MR) is 73.3 cm³/mol. The first-order chi connectivity index (χ1) is 7.56. The first kappa shape index (κ1) is 13.7. The molecule has 3 heteroatoms. The number of halogens is 1. The van der Waals surface area contributed by atoms with Crippen molar-refractivity contribution in [1.82, 2.24) is 5.32 Å². The fourth-order valence-electron chi connectivity index (χ4n) is 1.97. The highest BCUT2D eigenvalue weighted by Gasteiger charge is 2.22. The molecule has 1 rings (SSSR count). The second-order valence-corrected chi connectivity index (χ2v) is 5.46. The molecule has 0 bridgehead atoms. The molecule has 0 aromatic heterocycles. The Morgan fingerprint density at radius 1 is 1.38 bits per heavy atom. The minimum atomic E-state index is 0.0879. The first-order valence-electron chi connectivity index (χ1n) is 5.72. The normalized spacial score (nSPS) is 15.1. The summed E-state index contributed by atoms with van der Waals surface area (Å²) >= 11 is 3.48. The Bertz CT molecular complexity index is 325. The Labute approximate surface area is 107 Å². The van der Waals surface area contributed by atoms with E-state index >= 15 is 0 Å². The van der Waals surface area contributed by atoms with Gasteiger partial charge >= 0.3 is 0 Å². The van der Waals surface area contributed by atoms with Crippen LogP contribution in [0.2, 0.25) is 0 Å². The molecule has 2 nitrogen and oxygen atoms in total. The standard InChI is InChI=1S/C13H21BrN2/c1-9(2)12(8-16-3)13(15)10-5-4-6-11(14)7-10/h4-7,9,12-13,16H,8,15H2,1-3H3. The van der Waals surface area contributed by atoms with Crippen LogP contribution in [0.15, 0.2) is 28.7 Å². The minimum absolute atomic E-state index is 0.0879. The molecule has 1 aromatic rings. The lowest BCUT2D eigenvalue weighted by atomic mass is 9.85. The van der Waals surface area contributed by atoms with Crippen LogP contribution in [-0.4, -0.2) is 13.6 Å².